The largest absolute Gasteiger partial charge is 0.485 e. The SMILES string of the molecule is CSC1=NC2(CC(c3ccccc3C)Oc3ccc(Br)cc32)C(=O)N1C. The number of amides is 1. The maximum absolute atomic E-state index is 13.3. The van der Waals surface area contributed by atoms with E-state index in [2.05, 4.69) is 35.0 Å². The first-order valence-electron chi connectivity index (χ1n) is 8.40. The number of fused-ring (bicyclic) bond motifs is 2. The fourth-order valence-corrected chi connectivity index (χ4v) is 4.73. The Balaban J connectivity index is 1.91. The molecule has 0 radical (unpaired) electrons. The Morgan fingerprint density at radius 2 is 2.08 bits per heavy atom. The molecule has 2 aromatic carbocycles. The van der Waals surface area contributed by atoms with E-state index in [1.165, 1.54) is 11.8 Å². The second kappa shape index (κ2) is 6.43. The molecule has 6 heteroatoms. The molecule has 2 unspecified atom stereocenters. The summed E-state index contributed by atoms with van der Waals surface area (Å²) in [6, 6.07) is 14.0. The van der Waals surface area contributed by atoms with E-state index in [9.17, 15) is 4.79 Å². The number of ether oxygens (including phenoxy) is 1. The van der Waals surface area contributed by atoms with Crippen LogP contribution in [0.1, 0.15) is 29.2 Å². The lowest BCUT2D eigenvalue weighted by atomic mass is 9.79. The van der Waals surface area contributed by atoms with Crippen molar-refractivity contribution in [2.75, 3.05) is 13.3 Å². The molecular formula is C20H19BrN2O2S. The lowest BCUT2D eigenvalue weighted by molar-refractivity contribution is -0.132. The van der Waals surface area contributed by atoms with Crippen molar-refractivity contribution in [2.45, 2.75) is 25.0 Å². The summed E-state index contributed by atoms with van der Waals surface area (Å²) < 4.78 is 7.24. The maximum atomic E-state index is 13.3. The lowest BCUT2D eigenvalue weighted by Crippen LogP contribution is -2.42. The normalized spacial score (nSPS) is 24.5. The van der Waals surface area contributed by atoms with Crippen molar-refractivity contribution in [1.82, 2.24) is 4.90 Å². The van der Waals surface area contributed by atoms with Crippen LogP contribution in [0, 0.1) is 6.92 Å². The highest BCUT2D eigenvalue weighted by molar-refractivity contribution is 9.10. The summed E-state index contributed by atoms with van der Waals surface area (Å²) in [4.78, 5) is 19.9. The minimum Gasteiger partial charge on any atom is -0.485 e. The van der Waals surface area contributed by atoms with Crippen LogP contribution in [0.3, 0.4) is 0 Å². The average Bonchev–Trinajstić information content (AvgIpc) is 2.88. The standard InChI is InChI=1S/C20H19BrN2O2S/c1-12-6-4-5-7-14(12)17-11-20(18(24)23(2)19(22-20)26-3)15-10-13(21)8-9-16(15)25-17/h4-10,17H,11H2,1-3H3. The molecule has 0 saturated carbocycles. The van der Waals surface area contributed by atoms with Gasteiger partial charge in [0.05, 0.1) is 0 Å². The molecule has 0 aliphatic carbocycles. The van der Waals surface area contributed by atoms with Gasteiger partial charge in [0.1, 0.15) is 11.9 Å². The van der Waals surface area contributed by atoms with E-state index in [1.54, 1.807) is 11.9 Å². The minimum atomic E-state index is -0.933. The van der Waals surface area contributed by atoms with E-state index < -0.39 is 5.54 Å². The Labute approximate surface area is 165 Å². The zero-order valence-corrected chi connectivity index (χ0v) is 17.2. The first kappa shape index (κ1) is 17.6. The molecule has 2 aliphatic heterocycles. The third kappa shape index (κ3) is 2.58. The molecule has 4 nitrogen and oxygen atoms in total. The third-order valence-corrected chi connectivity index (χ3v) is 6.31. The van der Waals surface area contributed by atoms with Crippen molar-refractivity contribution in [3.8, 4) is 5.75 Å². The monoisotopic (exact) mass is 430 g/mol. The number of nitrogens with zero attached hydrogens (tertiary/aromatic N) is 2. The predicted octanol–water partition coefficient (Wildman–Crippen LogP) is 4.67. The second-order valence-corrected chi connectivity index (χ2v) is 8.32. The number of carbonyl (C=O) groups excluding carboxylic acids is 1. The van der Waals surface area contributed by atoms with Gasteiger partial charge in [0.15, 0.2) is 10.7 Å². The van der Waals surface area contributed by atoms with E-state index in [4.69, 9.17) is 9.73 Å². The van der Waals surface area contributed by atoms with Gasteiger partial charge in [-0.25, -0.2) is 4.99 Å². The third-order valence-electron chi connectivity index (χ3n) is 5.09. The van der Waals surface area contributed by atoms with Crippen molar-refractivity contribution < 1.29 is 9.53 Å². The summed E-state index contributed by atoms with van der Waals surface area (Å²) in [6.07, 6.45) is 2.23. The van der Waals surface area contributed by atoms with Crippen LogP contribution in [0.25, 0.3) is 0 Å². The van der Waals surface area contributed by atoms with Crippen LogP contribution in [0.5, 0.6) is 5.75 Å². The van der Waals surface area contributed by atoms with Crippen molar-refractivity contribution in [3.63, 3.8) is 0 Å². The lowest BCUT2D eigenvalue weighted by Gasteiger charge is -2.37. The van der Waals surface area contributed by atoms with E-state index in [1.807, 2.05) is 36.6 Å². The van der Waals surface area contributed by atoms with E-state index in [0.29, 0.717) is 6.42 Å². The van der Waals surface area contributed by atoms with Crippen LogP contribution in [0.15, 0.2) is 51.9 Å². The molecule has 2 aromatic rings. The Morgan fingerprint density at radius 1 is 1.31 bits per heavy atom. The number of benzene rings is 2. The zero-order chi connectivity index (χ0) is 18.5. The summed E-state index contributed by atoms with van der Waals surface area (Å²) in [5.74, 6) is 0.726. The van der Waals surface area contributed by atoms with Crippen LogP contribution >= 0.6 is 27.7 Å². The molecule has 1 amide bonds. The number of rotatable bonds is 1. The van der Waals surface area contributed by atoms with Gasteiger partial charge in [-0.05, 0) is 42.5 Å². The quantitative estimate of drug-likeness (QED) is 0.659. The summed E-state index contributed by atoms with van der Waals surface area (Å²) in [5.41, 5.74) is 2.15. The highest BCUT2D eigenvalue weighted by Crippen LogP contribution is 2.51. The number of aryl methyl sites for hydroxylation is 1. The molecule has 4 rings (SSSR count). The minimum absolute atomic E-state index is 0.00286. The fraction of sp³-hybridized carbons (Fsp3) is 0.300. The number of hydrogen-bond donors (Lipinski definition) is 0. The molecule has 134 valence electrons. The Kier molecular flexibility index (Phi) is 4.35. The molecule has 0 N–H and O–H groups in total. The molecule has 0 bridgehead atoms. The van der Waals surface area contributed by atoms with Crippen molar-refractivity contribution >= 4 is 38.8 Å². The van der Waals surface area contributed by atoms with Gasteiger partial charge < -0.3 is 4.74 Å². The number of carbonyl (C=O) groups is 1. The number of likely N-dealkylation sites (N-methyl/N-ethyl adjacent to an activating group) is 1. The van der Waals surface area contributed by atoms with Crippen molar-refractivity contribution in [1.29, 1.82) is 0 Å². The molecule has 0 saturated heterocycles. The molecule has 2 heterocycles. The Hall–Kier alpha value is -1.79. The summed E-state index contributed by atoms with van der Waals surface area (Å²) in [6.45, 7) is 2.07. The maximum Gasteiger partial charge on any atom is 0.261 e. The summed E-state index contributed by atoms with van der Waals surface area (Å²) in [5, 5.41) is 0.742. The smallest absolute Gasteiger partial charge is 0.261 e. The topological polar surface area (TPSA) is 41.9 Å². The molecule has 2 aliphatic rings. The summed E-state index contributed by atoms with van der Waals surface area (Å²) >= 11 is 5.02. The van der Waals surface area contributed by atoms with E-state index in [-0.39, 0.29) is 12.0 Å². The van der Waals surface area contributed by atoms with Gasteiger partial charge >= 0.3 is 0 Å². The van der Waals surface area contributed by atoms with Gasteiger partial charge in [-0.2, -0.15) is 0 Å². The fourth-order valence-electron chi connectivity index (χ4n) is 3.76. The van der Waals surface area contributed by atoms with Gasteiger partial charge in [-0.1, -0.05) is 52.0 Å². The van der Waals surface area contributed by atoms with Crippen LogP contribution in [-0.2, 0) is 10.3 Å². The van der Waals surface area contributed by atoms with Crippen LogP contribution in [-0.4, -0.2) is 29.3 Å². The first-order chi connectivity index (χ1) is 12.5. The Bertz CT molecular complexity index is 930. The predicted molar refractivity (Wildman–Crippen MR) is 109 cm³/mol. The van der Waals surface area contributed by atoms with E-state index >= 15 is 0 Å². The van der Waals surface area contributed by atoms with Gasteiger partial charge in [-0.15, -0.1) is 0 Å². The van der Waals surface area contributed by atoms with Crippen molar-refractivity contribution in [3.05, 3.63) is 63.6 Å². The summed E-state index contributed by atoms with van der Waals surface area (Å²) in [7, 11) is 1.79. The molecule has 0 aromatic heterocycles. The number of amidine groups is 1. The van der Waals surface area contributed by atoms with Gasteiger partial charge in [-0.3, -0.25) is 9.69 Å². The number of hydrogen-bond acceptors (Lipinski definition) is 4. The van der Waals surface area contributed by atoms with Crippen LogP contribution < -0.4 is 4.74 Å². The molecule has 1 spiro atoms. The van der Waals surface area contributed by atoms with Crippen molar-refractivity contribution in [2.24, 2.45) is 4.99 Å². The van der Waals surface area contributed by atoms with E-state index in [0.717, 1.165) is 32.1 Å². The first-order valence-corrected chi connectivity index (χ1v) is 10.4. The molecule has 0 fully saturated rings. The van der Waals surface area contributed by atoms with Gasteiger partial charge in [0, 0.05) is 23.5 Å². The molecular weight excluding hydrogens is 412 g/mol. The average molecular weight is 431 g/mol. The number of halogens is 1. The number of aliphatic imine (C=N–C) groups is 1. The highest BCUT2D eigenvalue weighted by atomic mass is 79.9. The Morgan fingerprint density at radius 3 is 2.77 bits per heavy atom. The van der Waals surface area contributed by atoms with Gasteiger partial charge in [0.2, 0.25) is 0 Å². The zero-order valence-electron chi connectivity index (χ0n) is 14.8. The van der Waals surface area contributed by atoms with Crippen LogP contribution in [0.2, 0.25) is 0 Å². The van der Waals surface area contributed by atoms with Crippen LogP contribution in [0.4, 0.5) is 0 Å². The van der Waals surface area contributed by atoms with Gasteiger partial charge in [0.25, 0.3) is 5.91 Å². The number of thioether (sulfide) groups is 1. The molecule has 26 heavy (non-hydrogen) atoms. The highest BCUT2D eigenvalue weighted by Gasteiger charge is 2.54. The second-order valence-electron chi connectivity index (χ2n) is 6.63. The molecule has 2 atom stereocenters.